The maximum Gasteiger partial charge on any atom is 0.405 e. The van der Waals surface area contributed by atoms with Crippen molar-refractivity contribution in [3.05, 3.63) is 17.7 Å². The number of hydrogen-bond donors (Lipinski definition) is 3. The molecule has 2 atom stereocenters. The van der Waals surface area contributed by atoms with E-state index in [0.29, 0.717) is 22.7 Å². The van der Waals surface area contributed by atoms with E-state index in [2.05, 4.69) is 0 Å². The number of primary amides is 1. The van der Waals surface area contributed by atoms with Gasteiger partial charge in [-0.1, -0.05) is 20.8 Å². The van der Waals surface area contributed by atoms with Gasteiger partial charge in [0.05, 0.1) is 12.8 Å². The van der Waals surface area contributed by atoms with Crippen LogP contribution in [0.5, 0.6) is 11.5 Å². The van der Waals surface area contributed by atoms with Crippen molar-refractivity contribution in [2.75, 3.05) is 12.8 Å². The number of ether oxygens (including phenoxy) is 3. The van der Waals surface area contributed by atoms with Gasteiger partial charge in [-0.3, -0.25) is 0 Å². The van der Waals surface area contributed by atoms with Crippen LogP contribution in [0.1, 0.15) is 46.3 Å². The van der Waals surface area contributed by atoms with Gasteiger partial charge in [-0.2, -0.15) is 0 Å². The third-order valence-corrected chi connectivity index (χ3v) is 4.68. The molecule has 1 heterocycles. The van der Waals surface area contributed by atoms with E-state index in [1.807, 2.05) is 20.8 Å². The minimum absolute atomic E-state index is 0.381. The molecular weight excluding hydrogens is 312 g/mol. The molecule has 0 aromatic heterocycles. The number of benzene rings is 1. The molecule has 5 N–H and O–H groups in total. The quantitative estimate of drug-likeness (QED) is 0.713. The summed E-state index contributed by atoms with van der Waals surface area (Å²) in [4.78, 5) is 11.5. The molecule has 0 bridgehead atoms. The highest BCUT2D eigenvalue weighted by Gasteiger charge is 2.63. The predicted octanol–water partition coefficient (Wildman–Crippen LogP) is 2.36. The maximum absolute atomic E-state index is 11.6. The normalized spacial score (nSPS) is 25.4. The molecule has 0 aliphatic carbocycles. The molecule has 0 saturated carbocycles. The monoisotopic (exact) mass is 338 g/mol. The molecule has 1 aliphatic rings. The lowest BCUT2D eigenvalue weighted by Crippen LogP contribution is -2.67. The summed E-state index contributed by atoms with van der Waals surface area (Å²) in [6.07, 6.45) is -2.02. The molecule has 1 amide bonds. The van der Waals surface area contributed by atoms with Gasteiger partial charge in [0.25, 0.3) is 0 Å². The van der Waals surface area contributed by atoms with E-state index in [1.165, 1.54) is 7.11 Å². The third-order valence-electron chi connectivity index (χ3n) is 4.68. The summed E-state index contributed by atoms with van der Waals surface area (Å²) in [7, 11) is 1.48. The number of carbonyl (C=O) groups is 1. The molecule has 2 rings (SSSR count). The van der Waals surface area contributed by atoms with Gasteiger partial charge in [0.1, 0.15) is 22.7 Å². The molecule has 1 aromatic carbocycles. The molecule has 0 spiro atoms. The second-order valence-electron chi connectivity index (χ2n) is 7.58. The van der Waals surface area contributed by atoms with Crippen molar-refractivity contribution in [3.8, 4) is 11.5 Å². The van der Waals surface area contributed by atoms with Crippen LogP contribution >= 0.6 is 0 Å². The first-order valence-corrected chi connectivity index (χ1v) is 7.70. The summed E-state index contributed by atoms with van der Waals surface area (Å²) in [6.45, 7) is 9.00. The number of aliphatic hydroxyl groups is 1. The first-order chi connectivity index (χ1) is 10.8. The third kappa shape index (κ3) is 2.53. The van der Waals surface area contributed by atoms with Crippen LogP contribution in [-0.2, 0) is 4.74 Å². The van der Waals surface area contributed by atoms with Crippen molar-refractivity contribution in [2.45, 2.75) is 51.9 Å². The second-order valence-corrected chi connectivity index (χ2v) is 7.58. The maximum atomic E-state index is 11.6. The minimum atomic E-state index is -1.55. The van der Waals surface area contributed by atoms with Crippen LogP contribution in [0.4, 0.5) is 10.5 Å². The van der Waals surface area contributed by atoms with Gasteiger partial charge in [-0.15, -0.1) is 0 Å². The molecule has 0 radical (unpaired) electrons. The number of fused-ring (bicyclic) bond motifs is 1. The summed E-state index contributed by atoms with van der Waals surface area (Å²) in [5.41, 5.74) is 8.73. The van der Waals surface area contributed by atoms with E-state index in [4.69, 9.17) is 25.7 Å². The lowest BCUT2D eigenvalue weighted by Gasteiger charge is -2.56. The van der Waals surface area contributed by atoms with Gasteiger partial charge in [-0.05, 0) is 25.3 Å². The zero-order chi connectivity index (χ0) is 18.5. The minimum Gasteiger partial charge on any atom is -0.495 e. The Labute approximate surface area is 141 Å². The first-order valence-electron chi connectivity index (χ1n) is 7.70. The van der Waals surface area contributed by atoms with Crippen LogP contribution in [-0.4, -0.2) is 29.5 Å². The van der Waals surface area contributed by atoms with Crippen LogP contribution < -0.4 is 20.9 Å². The van der Waals surface area contributed by atoms with Gasteiger partial charge in [-0.25, -0.2) is 4.79 Å². The van der Waals surface area contributed by atoms with E-state index in [0.717, 1.165) is 0 Å². The number of methoxy groups -OCH3 is 1. The van der Waals surface area contributed by atoms with Crippen LogP contribution in [0.2, 0.25) is 0 Å². The van der Waals surface area contributed by atoms with E-state index in [1.54, 1.807) is 26.0 Å². The average molecular weight is 338 g/mol. The highest BCUT2D eigenvalue weighted by Crippen LogP contribution is 2.56. The Kier molecular flexibility index (Phi) is 4.13. The van der Waals surface area contributed by atoms with Crippen molar-refractivity contribution in [3.63, 3.8) is 0 Å². The summed E-state index contributed by atoms with van der Waals surface area (Å²) < 4.78 is 16.6. The van der Waals surface area contributed by atoms with Crippen molar-refractivity contribution < 1.29 is 24.1 Å². The molecule has 0 unspecified atom stereocenters. The second kappa shape index (κ2) is 5.44. The number of rotatable bonds is 2. The molecule has 0 saturated heterocycles. The van der Waals surface area contributed by atoms with Crippen LogP contribution in [0.25, 0.3) is 0 Å². The topological polar surface area (TPSA) is 117 Å². The summed E-state index contributed by atoms with van der Waals surface area (Å²) in [5, 5.41) is 11.6. The predicted molar refractivity (Wildman–Crippen MR) is 89.9 cm³/mol. The Morgan fingerprint density at radius 3 is 2.38 bits per heavy atom. The van der Waals surface area contributed by atoms with Crippen molar-refractivity contribution >= 4 is 11.8 Å². The molecule has 7 heteroatoms. The van der Waals surface area contributed by atoms with Gasteiger partial charge >= 0.3 is 6.09 Å². The largest absolute Gasteiger partial charge is 0.495 e. The van der Waals surface area contributed by atoms with E-state index < -0.39 is 28.8 Å². The Hall–Kier alpha value is -2.15. The molecular formula is C17H26N2O5. The highest BCUT2D eigenvalue weighted by molar-refractivity contribution is 5.67. The van der Waals surface area contributed by atoms with Gasteiger partial charge in [0, 0.05) is 11.6 Å². The number of carbonyl (C=O) groups excluding carboxylic acids is 1. The SMILES string of the molecule is COc1cc2c(cc1N)OC(C)(C)[C@@](O)(C(C)(C)C)[C@H]2OC(N)=O. The number of anilines is 1. The van der Waals surface area contributed by atoms with Crippen molar-refractivity contribution in [1.82, 2.24) is 0 Å². The number of nitrogen functional groups attached to an aromatic ring is 1. The fraction of sp³-hybridized carbons (Fsp3) is 0.588. The standard InChI is InChI=1S/C17H26N2O5/c1-15(2,3)17(21)13(23-14(19)20)9-7-12(22-6)10(18)8-11(9)24-16(17,4)5/h7-8,13,21H,18H2,1-6H3,(H2,19,20)/t13-,17-/m0/s1. The Bertz CT molecular complexity index is 666. The van der Waals surface area contributed by atoms with Gasteiger partial charge < -0.3 is 30.8 Å². The highest BCUT2D eigenvalue weighted by atomic mass is 16.6. The van der Waals surface area contributed by atoms with Crippen LogP contribution in [0, 0.1) is 5.41 Å². The zero-order valence-corrected chi connectivity index (χ0v) is 15.0. The van der Waals surface area contributed by atoms with Crippen molar-refractivity contribution in [1.29, 1.82) is 0 Å². The number of nitrogens with two attached hydrogens (primary N) is 2. The molecule has 7 nitrogen and oxygen atoms in total. The van der Waals surface area contributed by atoms with Crippen LogP contribution in [0.15, 0.2) is 12.1 Å². The summed E-state index contributed by atoms with van der Waals surface area (Å²) in [6, 6.07) is 3.19. The van der Waals surface area contributed by atoms with Gasteiger partial charge in [0.15, 0.2) is 6.10 Å². The first kappa shape index (κ1) is 18.2. The van der Waals surface area contributed by atoms with E-state index in [9.17, 15) is 9.90 Å². The Morgan fingerprint density at radius 2 is 1.92 bits per heavy atom. The average Bonchev–Trinajstić information content (AvgIpc) is 2.41. The molecule has 24 heavy (non-hydrogen) atoms. The molecule has 1 aliphatic heterocycles. The Morgan fingerprint density at radius 1 is 1.33 bits per heavy atom. The Balaban J connectivity index is 2.77. The number of amides is 1. The fourth-order valence-electron chi connectivity index (χ4n) is 3.52. The number of hydrogen-bond acceptors (Lipinski definition) is 6. The molecule has 134 valence electrons. The zero-order valence-electron chi connectivity index (χ0n) is 15.0. The molecule has 0 fully saturated rings. The smallest absolute Gasteiger partial charge is 0.405 e. The molecule has 1 aromatic rings. The van der Waals surface area contributed by atoms with E-state index in [-0.39, 0.29) is 0 Å². The summed E-state index contributed by atoms with van der Waals surface area (Å²) in [5.74, 6) is 0.810. The summed E-state index contributed by atoms with van der Waals surface area (Å²) >= 11 is 0. The van der Waals surface area contributed by atoms with Gasteiger partial charge in [0.2, 0.25) is 0 Å². The lowest BCUT2D eigenvalue weighted by molar-refractivity contribution is -0.240. The fourth-order valence-corrected chi connectivity index (χ4v) is 3.52. The lowest BCUT2D eigenvalue weighted by atomic mass is 9.62. The van der Waals surface area contributed by atoms with E-state index >= 15 is 0 Å². The van der Waals surface area contributed by atoms with Crippen LogP contribution in [0.3, 0.4) is 0 Å². The van der Waals surface area contributed by atoms with Crippen molar-refractivity contribution in [2.24, 2.45) is 11.1 Å².